The number of nitrogens with one attached hydrogen (secondary N) is 1. The lowest BCUT2D eigenvalue weighted by Crippen LogP contribution is -2.17. The van der Waals surface area contributed by atoms with Gasteiger partial charge in [-0.2, -0.15) is 0 Å². The van der Waals surface area contributed by atoms with Crippen LogP contribution in [0.25, 0.3) is 0 Å². The quantitative estimate of drug-likeness (QED) is 0.797. The third-order valence-corrected chi connectivity index (χ3v) is 3.70. The van der Waals surface area contributed by atoms with E-state index in [1.165, 1.54) is 0 Å². The average molecular weight is 243 g/mol. The lowest BCUT2D eigenvalue weighted by molar-refractivity contribution is 0.111. The van der Waals surface area contributed by atoms with Gasteiger partial charge in [0, 0.05) is 13.5 Å². The summed E-state index contributed by atoms with van der Waals surface area (Å²) in [5.41, 5.74) is 0. The Morgan fingerprint density at radius 2 is 2.12 bits per heavy atom. The van der Waals surface area contributed by atoms with Crippen LogP contribution in [0.1, 0.15) is 43.2 Å². The van der Waals surface area contributed by atoms with Gasteiger partial charge in [-0.3, -0.25) is 0 Å². The van der Waals surface area contributed by atoms with Gasteiger partial charge < -0.3 is 10.1 Å². The van der Waals surface area contributed by atoms with E-state index in [9.17, 15) is 0 Å². The van der Waals surface area contributed by atoms with Gasteiger partial charge in [-0.05, 0) is 26.8 Å². The first-order chi connectivity index (χ1) is 7.67. The maximum Gasteiger partial charge on any atom is 0.134 e. The summed E-state index contributed by atoms with van der Waals surface area (Å²) in [6, 6.07) is 0.302. The topological polar surface area (TPSA) is 47.0 Å². The van der Waals surface area contributed by atoms with E-state index in [-0.39, 0.29) is 0 Å². The van der Waals surface area contributed by atoms with Gasteiger partial charge >= 0.3 is 0 Å². The van der Waals surface area contributed by atoms with Gasteiger partial charge in [0.05, 0.1) is 12.1 Å². The highest BCUT2D eigenvalue weighted by Crippen LogP contribution is 2.19. The van der Waals surface area contributed by atoms with Gasteiger partial charge in [0.2, 0.25) is 0 Å². The first kappa shape index (κ1) is 13.5. The van der Waals surface area contributed by atoms with Gasteiger partial charge in [0.25, 0.3) is 0 Å². The van der Waals surface area contributed by atoms with Crippen LogP contribution in [0, 0.1) is 0 Å². The molecule has 4 nitrogen and oxygen atoms in total. The van der Waals surface area contributed by atoms with Crippen LogP contribution in [0.3, 0.4) is 0 Å². The van der Waals surface area contributed by atoms with E-state index in [4.69, 9.17) is 4.74 Å². The number of aromatic nitrogens is 2. The lowest BCUT2D eigenvalue weighted by atomic mass is 10.2. The highest BCUT2D eigenvalue weighted by molar-refractivity contribution is 7.11. The van der Waals surface area contributed by atoms with Gasteiger partial charge in [-0.1, -0.05) is 18.3 Å². The molecule has 0 aromatic carbocycles. The van der Waals surface area contributed by atoms with Crippen molar-refractivity contribution in [1.29, 1.82) is 0 Å². The number of ether oxygens (including phenoxy) is 1. The van der Waals surface area contributed by atoms with Crippen molar-refractivity contribution in [2.45, 2.75) is 45.8 Å². The van der Waals surface area contributed by atoms with Crippen LogP contribution in [-0.2, 0) is 11.2 Å². The molecular formula is C11H21N3OS. The largest absolute Gasteiger partial charge is 0.382 e. The second-order valence-corrected chi connectivity index (χ2v) is 4.99. The summed E-state index contributed by atoms with van der Waals surface area (Å²) >= 11 is 1.69. The molecule has 0 radical (unpaired) electrons. The maximum atomic E-state index is 5.21. The Morgan fingerprint density at radius 1 is 1.38 bits per heavy atom. The third-order valence-electron chi connectivity index (χ3n) is 2.53. The Hall–Kier alpha value is -0.520. The monoisotopic (exact) mass is 243 g/mol. The number of hydrogen-bond donors (Lipinski definition) is 1. The summed E-state index contributed by atoms with van der Waals surface area (Å²) in [5, 5.41) is 13.9. The molecule has 1 aromatic heterocycles. The van der Waals surface area contributed by atoms with Crippen molar-refractivity contribution in [2.24, 2.45) is 0 Å². The zero-order chi connectivity index (χ0) is 12.0. The Kier molecular flexibility index (Phi) is 5.87. The Morgan fingerprint density at radius 3 is 2.75 bits per heavy atom. The fraction of sp³-hybridized carbons (Fsp3) is 0.818. The molecule has 0 saturated heterocycles. The lowest BCUT2D eigenvalue weighted by Gasteiger charge is -2.07. The molecule has 0 bridgehead atoms. The third kappa shape index (κ3) is 4.15. The van der Waals surface area contributed by atoms with Crippen LogP contribution >= 0.6 is 11.3 Å². The second-order valence-electron chi connectivity index (χ2n) is 3.90. The SMILES string of the molecule is CCNC(C)c1nnc(CCC(C)OC)s1. The van der Waals surface area contributed by atoms with Crippen molar-refractivity contribution in [3.05, 3.63) is 10.0 Å². The van der Waals surface area contributed by atoms with Crippen LogP contribution < -0.4 is 5.32 Å². The fourth-order valence-electron chi connectivity index (χ4n) is 1.38. The second kappa shape index (κ2) is 6.93. The molecule has 1 aromatic rings. The summed E-state index contributed by atoms with van der Waals surface area (Å²) in [4.78, 5) is 0. The normalized spacial score (nSPS) is 15.0. The Balaban J connectivity index is 2.45. The summed E-state index contributed by atoms with van der Waals surface area (Å²) < 4.78 is 5.21. The first-order valence-electron chi connectivity index (χ1n) is 5.75. The number of hydrogen-bond acceptors (Lipinski definition) is 5. The van der Waals surface area contributed by atoms with Crippen molar-refractivity contribution in [3.63, 3.8) is 0 Å². The first-order valence-corrected chi connectivity index (χ1v) is 6.57. The van der Waals surface area contributed by atoms with Gasteiger partial charge in [-0.15, -0.1) is 10.2 Å². The summed E-state index contributed by atoms with van der Waals surface area (Å²) in [7, 11) is 1.74. The van der Waals surface area contributed by atoms with E-state index in [0.29, 0.717) is 12.1 Å². The van der Waals surface area contributed by atoms with Gasteiger partial charge in [-0.25, -0.2) is 0 Å². The molecule has 2 unspecified atom stereocenters. The molecule has 5 heteroatoms. The molecule has 0 fully saturated rings. The number of methoxy groups -OCH3 is 1. The number of rotatable bonds is 7. The van der Waals surface area contributed by atoms with Gasteiger partial charge in [0.1, 0.15) is 10.0 Å². The van der Waals surface area contributed by atoms with E-state index in [0.717, 1.165) is 29.4 Å². The number of nitrogens with zero attached hydrogens (tertiary/aromatic N) is 2. The summed E-state index contributed by atoms with van der Waals surface area (Å²) in [6.45, 7) is 7.24. The maximum absolute atomic E-state index is 5.21. The number of aryl methyl sites for hydroxylation is 1. The minimum Gasteiger partial charge on any atom is -0.382 e. The van der Waals surface area contributed by atoms with Crippen molar-refractivity contribution < 1.29 is 4.74 Å². The van der Waals surface area contributed by atoms with E-state index in [2.05, 4.69) is 36.3 Å². The average Bonchev–Trinajstić information content (AvgIpc) is 2.75. The standard InChI is InChI=1S/C11H21N3OS/c1-5-12-9(3)11-14-13-10(16-11)7-6-8(2)15-4/h8-9,12H,5-7H2,1-4H3. The Bertz CT molecular complexity index is 303. The fourth-order valence-corrected chi connectivity index (χ4v) is 2.27. The van der Waals surface area contributed by atoms with Crippen LogP contribution in [0.4, 0.5) is 0 Å². The van der Waals surface area contributed by atoms with Crippen molar-refractivity contribution >= 4 is 11.3 Å². The highest BCUT2D eigenvalue weighted by atomic mass is 32.1. The molecule has 0 aliphatic rings. The van der Waals surface area contributed by atoms with Crippen LogP contribution in [0.2, 0.25) is 0 Å². The predicted octanol–water partition coefficient (Wildman–Crippen LogP) is 2.18. The highest BCUT2D eigenvalue weighted by Gasteiger charge is 2.11. The zero-order valence-corrected chi connectivity index (χ0v) is 11.3. The van der Waals surface area contributed by atoms with Crippen LogP contribution in [0.5, 0.6) is 0 Å². The summed E-state index contributed by atoms with van der Waals surface area (Å²) in [6.07, 6.45) is 2.24. The van der Waals surface area contributed by atoms with Gasteiger partial charge in [0.15, 0.2) is 0 Å². The molecule has 0 amide bonds. The summed E-state index contributed by atoms with van der Waals surface area (Å²) in [5.74, 6) is 0. The minimum atomic E-state index is 0.290. The molecule has 1 rings (SSSR count). The predicted molar refractivity (Wildman–Crippen MR) is 66.8 cm³/mol. The van der Waals surface area contributed by atoms with Crippen LogP contribution in [0.15, 0.2) is 0 Å². The molecule has 0 aliphatic heterocycles. The molecule has 0 saturated carbocycles. The molecule has 1 N–H and O–H groups in total. The van der Waals surface area contributed by atoms with E-state index >= 15 is 0 Å². The smallest absolute Gasteiger partial charge is 0.134 e. The zero-order valence-electron chi connectivity index (χ0n) is 10.5. The van der Waals surface area contributed by atoms with Crippen molar-refractivity contribution in [3.8, 4) is 0 Å². The molecule has 0 spiro atoms. The molecule has 92 valence electrons. The van der Waals surface area contributed by atoms with E-state index < -0.39 is 0 Å². The van der Waals surface area contributed by atoms with E-state index in [1.807, 2.05) is 0 Å². The molecular weight excluding hydrogens is 222 g/mol. The Labute approximate surface area is 101 Å². The molecule has 1 heterocycles. The molecule has 16 heavy (non-hydrogen) atoms. The van der Waals surface area contributed by atoms with Crippen molar-refractivity contribution in [2.75, 3.05) is 13.7 Å². The minimum absolute atomic E-state index is 0.290. The van der Waals surface area contributed by atoms with Crippen molar-refractivity contribution in [1.82, 2.24) is 15.5 Å². The molecule has 0 aliphatic carbocycles. The van der Waals surface area contributed by atoms with Crippen LogP contribution in [-0.4, -0.2) is 30.0 Å². The van der Waals surface area contributed by atoms with E-state index in [1.54, 1.807) is 18.4 Å². The molecule has 2 atom stereocenters.